The third-order valence-corrected chi connectivity index (χ3v) is 2.37. The monoisotopic (exact) mass is 275 g/mol. The quantitative estimate of drug-likeness (QED) is 0.783. The number of hydrogen-bond acceptors (Lipinski definition) is 5. The fourth-order valence-electron chi connectivity index (χ4n) is 1.24. The van der Waals surface area contributed by atoms with Crippen molar-refractivity contribution in [1.29, 1.82) is 5.26 Å². The molecule has 0 saturated heterocycles. The van der Waals surface area contributed by atoms with Gasteiger partial charge in [-0.05, 0) is 31.2 Å². The highest BCUT2D eigenvalue weighted by atomic mass is 16.5. The van der Waals surface area contributed by atoms with Gasteiger partial charge in [-0.3, -0.25) is 10.1 Å². The molecule has 0 saturated carbocycles. The van der Waals surface area contributed by atoms with E-state index in [0.717, 1.165) is 0 Å². The predicted octanol–water partition coefficient (Wildman–Crippen LogP) is 0.559. The van der Waals surface area contributed by atoms with Crippen LogP contribution in [0.2, 0.25) is 0 Å². The molecule has 20 heavy (non-hydrogen) atoms. The van der Waals surface area contributed by atoms with Gasteiger partial charge in [0, 0.05) is 7.05 Å². The average Bonchev–Trinajstić information content (AvgIpc) is 2.46. The molecule has 7 nitrogen and oxygen atoms in total. The second-order valence-corrected chi connectivity index (χ2v) is 3.81. The summed E-state index contributed by atoms with van der Waals surface area (Å²) in [5.41, 5.74) is 0.621. The third-order valence-electron chi connectivity index (χ3n) is 2.37. The van der Waals surface area contributed by atoms with E-state index in [1.54, 1.807) is 0 Å². The Morgan fingerprint density at radius 3 is 2.35 bits per heavy atom. The summed E-state index contributed by atoms with van der Waals surface area (Å²) in [5.74, 6) is -1.44. The molecule has 3 amide bonds. The molecule has 0 heterocycles. The first-order valence-corrected chi connectivity index (χ1v) is 5.71. The van der Waals surface area contributed by atoms with E-state index in [0.29, 0.717) is 5.56 Å². The number of carbonyl (C=O) groups excluding carboxylic acids is 3. The van der Waals surface area contributed by atoms with Crippen LogP contribution in [-0.2, 0) is 9.53 Å². The topological polar surface area (TPSA) is 108 Å². The molecule has 0 aromatic heterocycles. The number of hydrogen-bond donors (Lipinski definition) is 2. The van der Waals surface area contributed by atoms with E-state index < -0.39 is 24.0 Å². The molecule has 2 N–H and O–H groups in total. The molecule has 0 fully saturated rings. The fourth-order valence-corrected chi connectivity index (χ4v) is 1.24. The van der Waals surface area contributed by atoms with Gasteiger partial charge in [0.1, 0.15) is 0 Å². The number of rotatable bonds is 3. The van der Waals surface area contributed by atoms with E-state index >= 15 is 0 Å². The Kier molecular flexibility index (Phi) is 5.23. The molecule has 0 unspecified atom stereocenters. The SMILES string of the molecule is CNC(=O)NC(=O)[C@@H](C)OC(=O)c1ccc(C#N)cc1. The number of esters is 1. The summed E-state index contributed by atoms with van der Waals surface area (Å²) in [6.07, 6.45) is -1.12. The molecular formula is C13H13N3O4. The van der Waals surface area contributed by atoms with Gasteiger partial charge in [-0.2, -0.15) is 5.26 Å². The van der Waals surface area contributed by atoms with Gasteiger partial charge in [-0.25, -0.2) is 9.59 Å². The summed E-state index contributed by atoms with van der Waals surface area (Å²) in [7, 11) is 1.36. The first-order valence-electron chi connectivity index (χ1n) is 5.71. The van der Waals surface area contributed by atoms with Crippen LogP contribution in [0.25, 0.3) is 0 Å². The number of nitrogens with zero attached hydrogens (tertiary/aromatic N) is 1. The molecule has 0 aliphatic rings. The molecule has 0 bridgehead atoms. The molecule has 1 aromatic carbocycles. The van der Waals surface area contributed by atoms with Crippen LogP contribution in [0.3, 0.4) is 0 Å². The number of nitriles is 1. The molecule has 7 heteroatoms. The van der Waals surface area contributed by atoms with Crippen molar-refractivity contribution in [1.82, 2.24) is 10.6 Å². The Bertz CT molecular complexity index is 560. The molecule has 1 aromatic rings. The summed E-state index contributed by atoms with van der Waals surface area (Å²) in [5, 5.41) is 12.8. The van der Waals surface area contributed by atoms with Crippen LogP contribution < -0.4 is 10.6 Å². The second-order valence-electron chi connectivity index (χ2n) is 3.81. The first-order chi connectivity index (χ1) is 9.47. The van der Waals surface area contributed by atoms with E-state index in [9.17, 15) is 14.4 Å². The number of ether oxygens (including phenoxy) is 1. The number of amides is 3. The van der Waals surface area contributed by atoms with Crippen LogP contribution in [0.15, 0.2) is 24.3 Å². The fraction of sp³-hybridized carbons (Fsp3) is 0.231. The highest BCUT2D eigenvalue weighted by Crippen LogP contribution is 2.06. The van der Waals surface area contributed by atoms with Gasteiger partial charge in [0.25, 0.3) is 5.91 Å². The highest BCUT2D eigenvalue weighted by Gasteiger charge is 2.20. The molecule has 1 rings (SSSR count). The number of urea groups is 1. The van der Waals surface area contributed by atoms with E-state index in [2.05, 4.69) is 5.32 Å². The van der Waals surface area contributed by atoms with Crippen molar-refractivity contribution >= 4 is 17.9 Å². The maximum absolute atomic E-state index is 11.7. The van der Waals surface area contributed by atoms with Crippen molar-refractivity contribution < 1.29 is 19.1 Å². The normalized spacial score (nSPS) is 10.8. The van der Waals surface area contributed by atoms with E-state index in [-0.39, 0.29) is 5.56 Å². The van der Waals surface area contributed by atoms with Crippen LogP contribution >= 0.6 is 0 Å². The van der Waals surface area contributed by atoms with Crippen LogP contribution in [0.4, 0.5) is 4.79 Å². The number of nitrogens with one attached hydrogen (secondary N) is 2. The minimum atomic E-state index is -1.12. The lowest BCUT2D eigenvalue weighted by molar-refractivity contribution is -0.127. The van der Waals surface area contributed by atoms with E-state index in [1.165, 1.54) is 38.2 Å². The lowest BCUT2D eigenvalue weighted by Crippen LogP contribution is -2.43. The van der Waals surface area contributed by atoms with Crippen LogP contribution in [0.1, 0.15) is 22.8 Å². The standard InChI is InChI=1S/C13H13N3O4/c1-8(11(17)16-13(19)15-2)20-12(18)10-5-3-9(7-14)4-6-10/h3-6,8H,1-2H3,(H2,15,16,17,19)/t8-/m1/s1. The number of imide groups is 1. The zero-order valence-corrected chi connectivity index (χ0v) is 11.0. The summed E-state index contributed by atoms with van der Waals surface area (Å²) >= 11 is 0. The maximum atomic E-state index is 11.7. The number of carbonyl (C=O) groups is 3. The minimum Gasteiger partial charge on any atom is -0.449 e. The van der Waals surface area contributed by atoms with Gasteiger partial charge < -0.3 is 10.1 Å². The largest absolute Gasteiger partial charge is 0.449 e. The zero-order chi connectivity index (χ0) is 15.1. The Balaban J connectivity index is 2.63. The Morgan fingerprint density at radius 2 is 1.85 bits per heavy atom. The summed E-state index contributed by atoms with van der Waals surface area (Å²) in [6, 6.07) is 7.01. The van der Waals surface area contributed by atoms with Crippen molar-refractivity contribution in [3.8, 4) is 6.07 Å². The average molecular weight is 275 g/mol. The van der Waals surface area contributed by atoms with Crippen LogP contribution in [0, 0.1) is 11.3 Å². The Labute approximate surface area is 115 Å². The molecule has 0 aliphatic heterocycles. The molecular weight excluding hydrogens is 262 g/mol. The van der Waals surface area contributed by atoms with Gasteiger partial charge in [-0.15, -0.1) is 0 Å². The molecule has 0 radical (unpaired) electrons. The molecule has 104 valence electrons. The van der Waals surface area contributed by atoms with Gasteiger partial charge in [0.2, 0.25) is 0 Å². The molecule has 1 atom stereocenters. The van der Waals surface area contributed by atoms with Gasteiger partial charge in [0.05, 0.1) is 17.2 Å². The van der Waals surface area contributed by atoms with Crippen molar-refractivity contribution in [2.45, 2.75) is 13.0 Å². The first kappa shape index (κ1) is 15.2. The summed E-state index contributed by atoms with van der Waals surface area (Å²) < 4.78 is 4.90. The maximum Gasteiger partial charge on any atom is 0.338 e. The summed E-state index contributed by atoms with van der Waals surface area (Å²) in [4.78, 5) is 34.2. The summed E-state index contributed by atoms with van der Waals surface area (Å²) in [6.45, 7) is 1.35. The van der Waals surface area contributed by atoms with Gasteiger partial charge in [-0.1, -0.05) is 0 Å². The highest BCUT2D eigenvalue weighted by molar-refractivity contribution is 5.98. The number of benzene rings is 1. The van der Waals surface area contributed by atoms with E-state index in [4.69, 9.17) is 10.00 Å². The van der Waals surface area contributed by atoms with Gasteiger partial charge >= 0.3 is 12.0 Å². The van der Waals surface area contributed by atoms with Crippen molar-refractivity contribution in [3.63, 3.8) is 0 Å². The predicted molar refractivity (Wildman–Crippen MR) is 68.6 cm³/mol. The third kappa shape index (κ3) is 4.10. The Hall–Kier alpha value is -2.88. The van der Waals surface area contributed by atoms with Gasteiger partial charge in [0.15, 0.2) is 6.10 Å². The zero-order valence-electron chi connectivity index (χ0n) is 11.0. The van der Waals surface area contributed by atoms with E-state index in [1.807, 2.05) is 11.4 Å². The van der Waals surface area contributed by atoms with Crippen molar-refractivity contribution in [2.75, 3.05) is 7.05 Å². The lowest BCUT2D eigenvalue weighted by atomic mass is 10.1. The lowest BCUT2D eigenvalue weighted by Gasteiger charge is -2.12. The minimum absolute atomic E-state index is 0.212. The molecule has 0 spiro atoms. The smallest absolute Gasteiger partial charge is 0.338 e. The molecule has 0 aliphatic carbocycles. The van der Waals surface area contributed by atoms with Crippen LogP contribution in [0.5, 0.6) is 0 Å². The van der Waals surface area contributed by atoms with Crippen LogP contribution in [-0.4, -0.2) is 31.1 Å². The van der Waals surface area contributed by atoms with Crippen molar-refractivity contribution in [2.24, 2.45) is 0 Å². The van der Waals surface area contributed by atoms with Crippen molar-refractivity contribution in [3.05, 3.63) is 35.4 Å². The second kappa shape index (κ2) is 6.89. The Morgan fingerprint density at radius 1 is 1.25 bits per heavy atom.